The van der Waals surface area contributed by atoms with Crippen LogP contribution in [0.4, 0.5) is 0 Å². The molecule has 1 aromatic rings. The van der Waals surface area contributed by atoms with Crippen molar-refractivity contribution in [1.82, 2.24) is 14.7 Å². The SMILES string of the molecule is CC(C)CCN1C(=O)C(=CN2CCN(Cc3ccccc3)CC2)SC1=S. The fraction of sp³-hybridized carbons (Fsp3) is 0.500. The molecule has 6 heteroatoms. The molecule has 0 saturated carbocycles. The maximum absolute atomic E-state index is 12.6. The van der Waals surface area contributed by atoms with Gasteiger partial charge in [0, 0.05) is 45.5 Å². The number of nitrogens with zero attached hydrogens (tertiary/aromatic N) is 3. The van der Waals surface area contributed by atoms with Gasteiger partial charge in [0.05, 0.1) is 4.91 Å². The molecule has 0 unspecified atom stereocenters. The zero-order valence-electron chi connectivity index (χ0n) is 15.6. The van der Waals surface area contributed by atoms with Crippen molar-refractivity contribution in [2.75, 3.05) is 32.7 Å². The van der Waals surface area contributed by atoms with Crippen molar-refractivity contribution in [2.45, 2.75) is 26.8 Å². The van der Waals surface area contributed by atoms with E-state index in [0.717, 1.165) is 50.6 Å². The van der Waals surface area contributed by atoms with Crippen LogP contribution in [-0.2, 0) is 11.3 Å². The molecule has 0 spiro atoms. The van der Waals surface area contributed by atoms with Gasteiger partial charge in [0.2, 0.25) is 0 Å². The van der Waals surface area contributed by atoms with Crippen molar-refractivity contribution in [1.29, 1.82) is 0 Å². The first kappa shape index (κ1) is 19.4. The summed E-state index contributed by atoms with van der Waals surface area (Å²) in [4.78, 5) is 19.9. The van der Waals surface area contributed by atoms with Crippen LogP contribution < -0.4 is 0 Å². The highest BCUT2D eigenvalue weighted by molar-refractivity contribution is 8.26. The Hall–Kier alpha value is -1.37. The first-order valence-corrected chi connectivity index (χ1v) is 10.5. The predicted molar refractivity (Wildman–Crippen MR) is 113 cm³/mol. The minimum atomic E-state index is 0.0763. The monoisotopic (exact) mass is 389 g/mol. The fourth-order valence-corrected chi connectivity index (χ4v) is 4.44. The Morgan fingerprint density at radius 3 is 2.50 bits per heavy atom. The first-order valence-electron chi connectivity index (χ1n) is 9.29. The maximum atomic E-state index is 12.6. The number of hydrogen-bond donors (Lipinski definition) is 0. The molecule has 140 valence electrons. The Kier molecular flexibility index (Phi) is 6.73. The van der Waals surface area contributed by atoms with Gasteiger partial charge in [0.25, 0.3) is 5.91 Å². The normalized spacial score (nSPS) is 20.7. The van der Waals surface area contributed by atoms with E-state index in [-0.39, 0.29) is 5.91 Å². The highest BCUT2D eigenvalue weighted by Gasteiger charge is 2.32. The Morgan fingerprint density at radius 2 is 1.85 bits per heavy atom. The van der Waals surface area contributed by atoms with Crippen molar-refractivity contribution in [3.05, 3.63) is 47.0 Å². The lowest BCUT2D eigenvalue weighted by Crippen LogP contribution is -2.43. The molecule has 3 rings (SSSR count). The Morgan fingerprint density at radius 1 is 1.15 bits per heavy atom. The van der Waals surface area contributed by atoms with Crippen LogP contribution in [0.15, 0.2) is 41.4 Å². The van der Waals surface area contributed by atoms with E-state index in [1.807, 2.05) is 6.20 Å². The number of hydrogen-bond acceptors (Lipinski definition) is 5. The Labute approximate surface area is 166 Å². The molecule has 0 atom stereocenters. The molecule has 1 amide bonds. The fourth-order valence-electron chi connectivity index (χ4n) is 3.13. The lowest BCUT2D eigenvalue weighted by Gasteiger charge is -2.34. The number of thiocarbonyl (C=S) groups is 1. The van der Waals surface area contributed by atoms with Crippen molar-refractivity contribution in [3.8, 4) is 0 Å². The summed E-state index contributed by atoms with van der Waals surface area (Å²) in [5.74, 6) is 0.647. The van der Waals surface area contributed by atoms with Crippen molar-refractivity contribution >= 4 is 34.2 Å². The Balaban J connectivity index is 1.52. The van der Waals surface area contributed by atoms with Crippen LogP contribution in [-0.4, -0.2) is 57.7 Å². The summed E-state index contributed by atoms with van der Waals surface area (Å²) in [6, 6.07) is 10.6. The van der Waals surface area contributed by atoms with Gasteiger partial charge in [-0.25, -0.2) is 0 Å². The minimum Gasteiger partial charge on any atom is -0.374 e. The van der Waals surface area contributed by atoms with Crippen LogP contribution in [0.2, 0.25) is 0 Å². The number of carbonyl (C=O) groups excluding carboxylic acids is 1. The van der Waals surface area contributed by atoms with E-state index >= 15 is 0 Å². The summed E-state index contributed by atoms with van der Waals surface area (Å²) < 4.78 is 0.699. The average molecular weight is 390 g/mol. The molecule has 2 heterocycles. The number of carbonyl (C=O) groups is 1. The van der Waals surface area contributed by atoms with Crippen LogP contribution in [0, 0.1) is 5.92 Å². The highest BCUT2D eigenvalue weighted by atomic mass is 32.2. The topological polar surface area (TPSA) is 26.8 Å². The Bertz CT molecular complexity index is 667. The van der Waals surface area contributed by atoms with E-state index in [1.54, 1.807) is 4.90 Å². The van der Waals surface area contributed by atoms with Crippen LogP contribution >= 0.6 is 24.0 Å². The number of rotatable bonds is 6. The molecule has 26 heavy (non-hydrogen) atoms. The molecule has 2 aliphatic heterocycles. The largest absolute Gasteiger partial charge is 0.374 e. The summed E-state index contributed by atoms with van der Waals surface area (Å²) in [7, 11) is 0. The van der Waals surface area contributed by atoms with Gasteiger partial charge >= 0.3 is 0 Å². The van der Waals surface area contributed by atoms with Gasteiger partial charge in [0.1, 0.15) is 4.32 Å². The molecule has 1 aromatic carbocycles. The van der Waals surface area contributed by atoms with Crippen LogP contribution in [0.5, 0.6) is 0 Å². The summed E-state index contributed by atoms with van der Waals surface area (Å²) >= 11 is 6.85. The van der Waals surface area contributed by atoms with Gasteiger partial charge in [-0.3, -0.25) is 14.6 Å². The van der Waals surface area contributed by atoms with E-state index in [1.165, 1.54) is 17.3 Å². The number of amides is 1. The second-order valence-electron chi connectivity index (χ2n) is 7.30. The highest BCUT2D eigenvalue weighted by Crippen LogP contribution is 2.31. The molecule has 0 bridgehead atoms. The van der Waals surface area contributed by atoms with Gasteiger partial charge < -0.3 is 4.90 Å². The lowest BCUT2D eigenvalue weighted by molar-refractivity contribution is -0.122. The number of piperazine rings is 1. The summed E-state index contributed by atoms with van der Waals surface area (Å²) in [6.45, 7) is 9.98. The quantitative estimate of drug-likeness (QED) is 0.548. The summed E-state index contributed by atoms with van der Waals surface area (Å²) in [5, 5.41) is 0. The van der Waals surface area contributed by atoms with Crippen LogP contribution in [0.1, 0.15) is 25.8 Å². The van der Waals surface area contributed by atoms with E-state index in [2.05, 4.69) is 54.0 Å². The van der Waals surface area contributed by atoms with Crippen molar-refractivity contribution in [3.63, 3.8) is 0 Å². The summed E-state index contributed by atoms with van der Waals surface area (Å²) in [5.41, 5.74) is 1.35. The van der Waals surface area contributed by atoms with Gasteiger partial charge in [-0.05, 0) is 17.9 Å². The molecule has 2 saturated heterocycles. The lowest BCUT2D eigenvalue weighted by atomic mass is 10.1. The third kappa shape index (κ3) is 5.09. The first-order chi connectivity index (χ1) is 12.5. The van der Waals surface area contributed by atoms with E-state index < -0.39 is 0 Å². The van der Waals surface area contributed by atoms with E-state index in [9.17, 15) is 4.79 Å². The third-order valence-electron chi connectivity index (χ3n) is 4.76. The average Bonchev–Trinajstić information content (AvgIpc) is 2.89. The molecule has 0 radical (unpaired) electrons. The molecule has 4 nitrogen and oxygen atoms in total. The molecule has 0 aromatic heterocycles. The molecule has 0 N–H and O–H groups in total. The number of benzene rings is 1. The van der Waals surface area contributed by atoms with Crippen LogP contribution in [0.3, 0.4) is 0 Å². The van der Waals surface area contributed by atoms with Gasteiger partial charge in [-0.2, -0.15) is 0 Å². The number of thioether (sulfide) groups is 1. The van der Waals surface area contributed by atoms with Gasteiger partial charge in [-0.1, -0.05) is 68.2 Å². The second-order valence-corrected chi connectivity index (χ2v) is 8.97. The van der Waals surface area contributed by atoms with Crippen molar-refractivity contribution in [2.24, 2.45) is 5.92 Å². The predicted octanol–water partition coefficient (Wildman–Crippen LogP) is 3.55. The van der Waals surface area contributed by atoms with E-state index in [0.29, 0.717) is 10.2 Å². The van der Waals surface area contributed by atoms with Crippen molar-refractivity contribution < 1.29 is 4.79 Å². The second kappa shape index (κ2) is 9.02. The maximum Gasteiger partial charge on any atom is 0.267 e. The standard InChI is InChI=1S/C20H27N3OS2/c1-16(2)8-9-23-19(24)18(26-20(23)25)15-22-12-10-21(11-13-22)14-17-6-4-3-5-7-17/h3-7,15-16H,8-14H2,1-2H3. The van der Waals surface area contributed by atoms with Crippen LogP contribution in [0.25, 0.3) is 0 Å². The molecular weight excluding hydrogens is 362 g/mol. The molecule has 2 aliphatic rings. The molecule has 2 fully saturated rings. The third-order valence-corrected chi connectivity index (χ3v) is 6.12. The zero-order valence-corrected chi connectivity index (χ0v) is 17.2. The van der Waals surface area contributed by atoms with Gasteiger partial charge in [0.15, 0.2) is 0 Å². The van der Waals surface area contributed by atoms with Gasteiger partial charge in [-0.15, -0.1) is 0 Å². The minimum absolute atomic E-state index is 0.0763. The molecule has 0 aliphatic carbocycles. The molecular formula is C20H27N3OS2. The van der Waals surface area contributed by atoms with E-state index in [4.69, 9.17) is 12.2 Å². The smallest absolute Gasteiger partial charge is 0.267 e. The zero-order chi connectivity index (χ0) is 18.5. The summed E-state index contributed by atoms with van der Waals surface area (Å²) in [6.07, 6.45) is 3.01.